The third-order valence-electron chi connectivity index (χ3n) is 2.00. The highest BCUT2D eigenvalue weighted by Gasteiger charge is 2.08. The average molecular weight is 216 g/mol. The molecule has 82 valence electrons. The van der Waals surface area contributed by atoms with Crippen LogP contribution in [0.1, 0.15) is 18.1 Å². The maximum atomic E-state index is 8.71. The summed E-state index contributed by atoms with van der Waals surface area (Å²) in [5.74, 6) is 2.52. The Balaban J connectivity index is 3.13. The lowest BCUT2D eigenvalue weighted by Crippen LogP contribution is -2.12. The van der Waals surface area contributed by atoms with Gasteiger partial charge in [-0.15, -0.1) is 6.42 Å². The van der Waals surface area contributed by atoms with Crippen molar-refractivity contribution in [2.75, 3.05) is 7.11 Å². The molecule has 1 aromatic rings. The summed E-state index contributed by atoms with van der Waals surface area (Å²) in [6.07, 6.45) is 5.25. The van der Waals surface area contributed by atoms with Gasteiger partial charge in [-0.05, 0) is 19.1 Å². The molecule has 4 nitrogen and oxygen atoms in total. The quantitative estimate of drug-likeness (QED) is 0.363. The molecule has 1 aromatic carbocycles. The molecule has 0 unspecified atom stereocenters. The monoisotopic (exact) mass is 216 g/mol. The molecule has 0 saturated carbocycles. The van der Waals surface area contributed by atoms with Gasteiger partial charge < -0.3 is 10.0 Å². The van der Waals surface area contributed by atoms with Gasteiger partial charge in [0.25, 0.3) is 0 Å². The lowest BCUT2D eigenvalue weighted by molar-refractivity contribution is 0.214. The molecule has 0 spiro atoms. The van der Waals surface area contributed by atoms with Crippen molar-refractivity contribution in [2.45, 2.75) is 6.92 Å². The minimum atomic E-state index is 0.371. The van der Waals surface area contributed by atoms with Crippen LogP contribution < -0.4 is 0 Å². The van der Waals surface area contributed by atoms with E-state index in [9.17, 15) is 0 Å². The first-order valence-electron chi connectivity index (χ1n) is 4.60. The van der Waals surface area contributed by atoms with Gasteiger partial charge in [0, 0.05) is 11.1 Å². The predicted octanol–water partition coefficient (Wildman–Crippen LogP) is 1.87. The van der Waals surface area contributed by atoms with E-state index in [1.54, 1.807) is 31.2 Å². The van der Waals surface area contributed by atoms with Crippen LogP contribution in [0, 0.1) is 12.3 Å². The van der Waals surface area contributed by atoms with E-state index in [1.807, 2.05) is 0 Å². The first kappa shape index (κ1) is 11.8. The molecule has 0 aliphatic carbocycles. The molecule has 0 aromatic heterocycles. The zero-order chi connectivity index (χ0) is 12.0. The van der Waals surface area contributed by atoms with Crippen molar-refractivity contribution >= 4 is 11.4 Å². The largest absolute Gasteiger partial charge is 0.411 e. The minimum Gasteiger partial charge on any atom is -0.411 e. The van der Waals surface area contributed by atoms with Crippen molar-refractivity contribution in [3.05, 3.63) is 35.4 Å². The van der Waals surface area contributed by atoms with E-state index in [1.165, 1.54) is 7.11 Å². The Morgan fingerprint density at radius 3 is 2.44 bits per heavy atom. The summed E-state index contributed by atoms with van der Waals surface area (Å²) in [6, 6.07) is 7.15. The third-order valence-corrected chi connectivity index (χ3v) is 2.00. The number of hydrogen-bond donors (Lipinski definition) is 1. The summed E-state index contributed by atoms with van der Waals surface area (Å²) in [7, 11) is 1.43. The van der Waals surface area contributed by atoms with Crippen molar-refractivity contribution in [2.24, 2.45) is 10.3 Å². The lowest BCUT2D eigenvalue weighted by atomic mass is 10.1. The lowest BCUT2D eigenvalue weighted by Gasteiger charge is -2.04. The highest BCUT2D eigenvalue weighted by atomic mass is 16.6. The minimum absolute atomic E-state index is 0.371. The molecule has 0 atom stereocenters. The first-order valence-corrected chi connectivity index (χ1v) is 4.60. The molecule has 16 heavy (non-hydrogen) atoms. The second kappa shape index (κ2) is 5.56. The van der Waals surface area contributed by atoms with Gasteiger partial charge in [-0.2, -0.15) is 0 Å². The van der Waals surface area contributed by atoms with Crippen LogP contribution in [-0.4, -0.2) is 23.7 Å². The Bertz CT molecular complexity index is 453. The summed E-state index contributed by atoms with van der Waals surface area (Å²) >= 11 is 0. The Morgan fingerprint density at radius 2 is 2.00 bits per heavy atom. The zero-order valence-electron chi connectivity index (χ0n) is 9.14. The molecule has 0 bridgehead atoms. The van der Waals surface area contributed by atoms with Gasteiger partial charge >= 0.3 is 0 Å². The first-order chi connectivity index (χ1) is 7.72. The summed E-state index contributed by atoms with van der Waals surface area (Å²) in [4.78, 5) is 4.69. The predicted molar refractivity (Wildman–Crippen MR) is 62.8 cm³/mol. The molecular weight excluding hydrogens is 204 g/mol. The molecule has 0 radical (unpaired) electrons. The van der Waals surface area contributed by atoms with Gasteiger partial charge in [0.15, 0.2) is 0 Å². The van der Waals surface area contributed by atoms with E-state index in [-0.39, 0.29) is 0 Å². The molecule has 0 saturated heterocycles. The van der Waals surface area contributed by atoms with Crippen LogP contribution in [0.25, 0.3) is 0 Å². The molecule has 0 aliphatic rings. The van der Waals surface area contributed by atoms with E-state index >= 15 is 0 Å². The molecule has 0 amide bonds. The van der Waals surface area contributed by atoms with E-state index in [0.29, 0.717) is 11.4 Å². The highest BCUT2D eigenvalue weighted by molar-refractivity contribution is 6.47. The van der Waals surface area contributed by atoms with Crippen molar-refractivity contribution in [3.63, 3.8) is 0 Å². The van der Waals surface area contributed by atoms with Crippen molar-refractivity contribution in [1.82, 2.24) is 0 Å². The van der Waals surface area contributed by atoms with Crippen LogP contribution in [0.5, 0.6) is 0 Å². The third kappa shape index (κ3) is 2.61. The molecule has 0 heterocycles. The van der Waals surface area contributed by atoms with Gasteiger partial charge in [-0.25, -0.2) is 0 Å². The Hall–Kier alpha value is -2.28. The van der Waals surface area contributed by atoms with Gasteiger partial charge in [0.05, 0.1) is 0 Å². The fourth-order valence-corrected chi connectivity index (χ4v) is 1.19. The fraction of sp³-hybridized carbons (Fsp3) is 0.167. The van der Waals surface area contributed by atoms with Gasteiger partial charge in [0.1, 0.15) is 18.5 Å². The second-order valence-electron chi connectivity index (χ2n) is 3.03. The summed E-state index contributed by atoms with van der Waals surface area (Å²) < 4.78 is 0. The zero-order valence-corrected chi connectivity index (χ0v) is 9.14. The summed E-state index contributed by atoms with van der Waals surface area (Å²) in [5.41, 5.74) is 2.39. The average Bonchev–Trinajstić information content (AvgIpc) is 2.35. The van der Waals surface area contributed by atoms with Crippen LogP contribution >= 0.6 is 0 Å². The van der Waals surface area contributed by atoms with E-state index in [2.05, 4.69) is 16.2 Å². The smallest absolute Gasteiger partial charge is 0.134 e. The van der Waals surface area contributed by atoms with Crippen molar-refractivity contribution in [1.29, 1.82) is 0 Å². The van der Waals surface area contributed by atoms with Crippen LogP contribution in [0.3, 0.4) is 0 Å². The topological polar surface area (TPSA) is 54.2 Å². The van der Waals surface area contributed by atoms with Gasteiger partial charge in [-0.1, -0.05) is 28.4 Å². The Labute approximate surface area is 94.2 Å². The molecule has 1 rings (SSSR count). The number of nitrogens with zero attached hydrogens (tertiary/aromatic N) is 2. The number of hydrogen-bond acceptors (Lipinski definition) is 4. The normalized spacial score (nSPS) is 12.1. The number of rotatable bonds is 3. The second-order valence-corrected chi connectivity index (χ2v) is 3.03. The van der Waals surface area contributed by atoms with Gasteiger partial charge in [0.2, 0.25) is 0 Å². The maximum absolute atomic E-state index is 8.71. The Kier molecular flexibility index (Phi) is 4.10. The Morgan fingerprint density at radius 1 is 1.38 bits per heavy atom. The SMILES string of the molecule is C#Cc1ccc(/C(=N\OC)C(C)=NO)cc1. The van der Waals surface area contributed by atoms with Crippen LogP contribution in [0.4, 0.5) is 0 Å². The summed E-state index contributed by atoms with van der Waals surface area (Å²) in [5, 5.41) is 15.6. The van der Waals surface area contributed by atoms with Crippen LogP contribution in [0.2, 0.25) is 0 Å². The van der Waals surface area contributed by atoms with Gasteiger partial charge in [-0.3, -0.25) is 0 Å². The number of benzene rings is 1. The van der Waals surface area contributed by atoms with Crippen molar-refractivity contribution in [3.8, 4) is 12.3 Å². The van der Waals surface area contributed by atoms with E-state index < -0.39 is 0 Å². The highest BCUT2D eigenvalue weighted by Crippen LogP contribution is 2.06. The van der Waals surface area contributed by atoms with Crippen LogP contribution in [0.15, 0.2) is 34.6 Å². The van der Waals surface area contributed by atoms with E-state index in [0.717, 1.165) is 11.1 Å². The number of oxime groups is 2. The molecule has 1 N–H and O–H groups in total. The number of terminal acetylenes is 1. The van der Waals surface area contributed by atoms with E-state index in [4.69, 9.17) is 16.5 Å². The maximum Gasteiger partial charge on any atom is 0.134 e. The summed E-state index contributed by atoms with van der Waals surface area (Å²) in [6.45, 7) is 1.63. The fourth-order valence-electron chi connectivity index (χ4n) is 1.19. The molecule has 4 heteroatoms. The molecule has 0 fully saturated rings. The molecule has 0 aliphatic heterocycles. The van der Waals surface area contributed by atoms with Crippen LogP contribution in [-0.2, 0) is 4.84 Å². The standard InChI is InChI=1S/C12H12N2O2/c1-4-10-5-7-11(8-6-10)12(14-16-3)9(2)13-15/h1,5-8,15H,2-3H3/b13-9?,14-12-. The molecular formula is C12H12N2O2. The van der Waals surface area contributed by atoms with Crippen molar-refractivity contribution < 1.29 is 10.0 Å².